The van der Waals surface area contributed by atoms with Crippen LogP contribution in [0.4, 0.5) is 5.69 Å². The predicted octanol–water partition coefficient (Wildman–Crippen LogP) is 0.725. The highest BCUT2D eigenvalue weighted by Gasteiger charge is 2.38. The van der Waals surface area contributed by atoms with E-state index in [1.807, 2.05) is 6.07 Å². The second kappa shape index (κ2) is 6.65. The van der Waals surface area contributed by atoms with Crippen molar-refractivity contribution >= 4 is 29.0 Å². The third-order valence-corrected chi connectivity index (χ3v) is 3.39. The molecule has 104 valence electrons. The second-order valence-corrected chi connectivity index (χ2v) is 4.99. The van der Waals surface area contributed by atoms with Crippen molar-refractivity contribution in [3.63, 3.8) is 0 Å². The van der Waals surface area contributed by atoms with Crippen molar-refractivity contribution in [1.29, 1.82) is 0 Å². The molecule has 5 nitrogen and oxygen atoms in total. The van der Waals surface area contributed by atoms with Crippen molar-refractivity contribution in [2.75, 3.05) is 18.4 Å². The number of carbonyl (C=O) groups is 2. The van der Waals surface area contributed by atoms with E-state index in [0.29, 0.717) is 5.69 Å². The molecule has 0 aliphatic carbocycles. The highest BCUT2D eigenvalue weighted by Crippen LogP contribution is 2.20. The molecule has 1 aromatic carbocycles. The SMILES string of the molecule is CC(CN)(CN)C(=O)C(Cl)C(=O)Nc1ccccc1. The Morgan fingerprint density at radius 3 is 2.26 bits per heavy atom. The summed E-state index contributed by atoms with van der Waals surface area (Å²) in [7, 11) is 0. The first-order chi connectivity index (χ1) is 8.94. The Labute approximate surface area is 117 Å². The number of amides is 1. The Morgan fingerprint density at radius 2 is 1.79 bits per heavy atom. The highest BCUT2D eigenvalue weighted by molar-refractivity contribution is 6.43. The Morgan fingerprint density at radius 1 is 1.26 bits per heavy atom. The minimum absolute atomic E-state index is 0.0458. The summed E-state index contributed by atoms with van der Waals surface area (Å²) in [5.74, 6) is -1.04. The molecule has 0 aliphatic rings. The van der Waals surface area contributed by atoms with Crippen molar-refractivity contribution in [3.8, 4) is 0 Å². The summed E-state index contributed by atoms with van der Waals surface area (Å²) in [4.78, 5) is 24.0. The molecule has 0 saturated carbocycles. The zero-order valence-corrected chi connectivity index (χ0v) is 11.5. The molecular weight excluding hydrogens is 266 g/mol. The summed E-state index contributed by atoms with van der Waals surface area (Å²) in [6.07, 6.45) is 0. The number of halogens is 1. The van der Waals surface area contributed by atoms with Crippen molar-refractivity contribution in [1.82, 2.24) is 0 Å². The number of benzene rings is 1. The summed E-state index contributed by atoms with van der Waals surface area (Å²) < 4.78 is 0. The van der Waals surface area contributed by atoms with Crippen molar-refractivity contribution in [3.05, 3.63) is 30.3 Å². The fraction of sp³-hybridized carbons (Fsp3) is 0.385. The lowest BCUT2D eigenvalue weighted by Crippen LogP contribution is -2.48. The number of nitrogens with two attached hydrogens (primary N) is 2. The molecule has 19 heavy (non-hydrogen) atoms. The quantitative estimate of drug-likeness (QED) is 0.529. The molecule has 0 aromatic heterocycles. The van der Waals surface area contributed by atoms with E-state index in [0.717, 1.165) is 0 Å². The van der Waals surface area contributed by atoms with Crippen LogP contribution in [0, 0.1) is 5.41 Å². The van der Waals surface area contributed by atoms with E-state index < -0.39 is 22.5 Å². The van der Waals surface area contributed by atoms with Gasteiger partial charge in [-0.15, -0.1) is 11.6 Å². The Balaban J connectivity index is 2.75. The first-order valence-electron chi connectivity index (χ1n) is 5.89. The van der Waals surface area contributed by atoms with Crippen LogP contribution < -0.4 is 16.8 Å². The van der Waals surface area contributed by atoms with E-state index in [2.05, 4.69) is 5.32 Å². The predicted molar refractivity (Wildman–Crippen MR) is 75.9 cm³/mol. The van der Waals surface area contributed by atoms with Gasteiger partial charge in [0.2, 0.25) is 5.91 Å². The lowest BCUT2D eigenvalue weighted by Gasteiger charge is -2.26. The number of nitrogens with one attached hydrogen (secondary N) is 1. The third kappa shape index (κ3) is 3.76. The smallest absolute Gasteiger partial charge is 0.250 e. The van der Waals surface area contributed by atoms with Gasteiger partial charge in [-0.25, -0.2) is 0 Å². The molecule has 0 heterocycles. The van der Waals surface area contributed by atoms with E-state index in [4.69, 9.17) is 23.1 Å². The number of alkyl halides is 1. The van der Waals surface area contributed by atoms with Crippen LogP contribution in [0.2, 0.25) is 0 Å². The minimum Gasteiger partial charge on any atom is -0.329 e. The molecule has 0 radical (unpaired) electrons. The number of rotatable bonds is 6. The molecule has 6 heteroatoms. The molecular formula is C13H18ClN3O2. The summed E-state index contributed by atoms with van der Waals surface area (Å²) in [6, 6.07) is 8.77. The largest absolute Gasteiger partial charge is 0.329 e. The van der Waals surface area contributed by atoms with Crippen LogP contribution in [-0.4, -0.2) is 30.2 Å². The van der Waals surface area contributed by atoms with Crippen molar-refractivity contribution in [2.45, 2.75) is 12.3 Å². The van der Waals surface area contributed by atoms with E-state index in [1.165, 1.54) is 0 Å². The average Bonchev–Trinajstić information content (AvgIpc) is 2.45. The van der Waals surface area contributed by atoms with Crippen LogP contribution >= 0.6 is 11.6 Å². The summed E-state index contributed by atoms with van der Waals surface area (Å²) in [5, 5.41) is 1.26. The van der Waals surface area contributed by atoms with Gasteiger partial charge in [-0.05, 0) is 12.1 Å². The van der Waals surface area contributed by atoms with E-state index in [9.17, 15) is 9.59 Å². The van der Waals surface area contributed by atoms with Gasteiger partial charge in [0.05, 0.1) is 5.41 Å². The number of ketones is 1. The molecule has 1 aromatic rings. The van der Waals surface area contributed by atoms with Crippen LogP contribution in [0.5, 0.6) is 0 Å². The van der Waals surface area contributed by atoms with Gasteiger partial charge in [-0.3, -0.25) is 9.59 Å². The standard InChI is InChI=1S/C13H18ClN3O2/c1-13(7-15,8-16)11(18)10(14)12(19)17-9-5-3-2-4-6-9/h2-6,10H,7-8,15-16H2,1H3,(H,17,19). The fourth-order valence-corrected chi connectivity index (χ4v) is 1.75. The lowest BCUT2D eigenvalue weighted by molar-refractivity contribution is -0.130. The first kappa shape index (κ1) is 15.6. The fourth-order valence-electron chi connectivity index (χ4n) is 1.44. The maximum Gasteiger partial charge on any atom is 0.250 e. The van der Waals surface area contributed by atoms with Gasteiger partial charge in [-0.1, -0.05) is 25.1 Å². The number of para-hydroxylation sites is 1. The average molecular weight is 284 g/mol. The second-order valence-electron chi connectivity index (χ2n) is 4.55. The van der Waals surface area contributed by atoms with Gasteiger partial charge in [0, 0.05) is 18.8 Å². The van der Waals surface area contributed by atoms with Gasteiger partial charge in [0.1, 0.15) is 0 Å². The molecule has 0 bridgehead atoms. The van der Waals surface area contributed by atoms with Gasteiger partial charge in [-0.2, -0.15) is 0 Å². The number of hydrogen-bond donors (Lipinski definition) is 3. The van der Waals surface area contributed by atoms with E-state index in [-0.39, 0.29) is 13.1 Å². The molecule has 1 unspecified atom stereocenters. The summed E-state index contributed by atoms with van der Waals surface area (Å²) in [5.41, 5.74) is 10.6. The normalized spacial score (nSPS) is 12.8. The summed E-state index contributed by atoms with van der Waals surface area (Å²) in [6.45, 7) is 1.69. The van der Waals surface area contributed by atoms with Crippen molar-refractivity contribution in [2.24, 2.45) is 16.9 Å². The highest BCUT2D eigenvalue weighted by atomic mass is 35.5. The van der Waals surface area contributed by atoms with Crippen LogP contribution in [0.25, 0.3) is 0 Å². The number of Topliss-reactive ketones (excluding diaryl/α,β-unsaturated/α-hetero) is 1. The molecule has 0 saturated heterocycles. The lowest BCUT2D eigenvalue weighted by atomic mass is 9.84. The Kier molecular flexibility index (Phi) is 5.47. The number of anilines is 1. The van der Waals surface area contributed by atoms with Crippen LogP contribution in [0.15, 0.2) is 30.3 Å². The molecule has 5 N–H and O–H groups in total. The maximum atomic E-state index is 12.1. The van der Waals surface area contributed by atoms with Gasteiger partial charge in [0.25, 0.3) is 0 Å². The van der Waals surface area contributed by atoms with Crippen LogP contribution in [0.1, 0.15) is 6.92 Å². The molecule has 0 fully saturated rings. The monoisotopic (exact) mass is 283 g/mol. The minimum atomic E-state index is -1.31. The van der Waals surface area contributed by atoms with E-state index in [1.54, 1.807) is 31.2 Å². The Hall–Kier alpha value is -1.43. The topological polar surface area (TPSA) is 98.2 Å². The number of carbonyl (C=O) groups excluding carboxylic acids is 2. The van der Waals surface area contributed by atoms with Crippen LogP contribution in [0.3, 0.4) is 0 Å². The number of hydrogen-bond acceptors (Lipinski definition) is 4. The van der Waals surface area contributed by atoms with Crippen LogP contribution in [-0.2, 0) is 9.59 Å². The van der Waals surface area contributed by atoms with Gasteiger partial charge < -0.3 is 16.8 Å². The molecule has 1 atom stereocenters. The van der Waals surface area contributed by atoms with Gasteiger partial charge in [0.15, 0.2) is 11.2 Å². The third-order valence-electron chi connectivity index (χ3n) is 3.00. The molecule has 0 aliphatic heterocycles. The first-order valence-corrected chi connectivity index (χ1v) is 6.32. The summed E-state index contributed by atoms with van der Waals surface area (Å²) >= 11 is 5.90. The molecule has 1 rings (SSSR count). The van der Waals surface area contributed by atoms with Gasteiger partial charge >= 0.3 is 0 Å². The zero-order valence-electron chi connectivity index (χ0n) is 10.7. The molecule has 1 amide bonds. The molecule has 0 spiro atoms. The Bertz CT molecular complexity index is 446. The zero-order chi connectivity index (χ0) is 14.5. The maximum absolute atomic E-state index is 12.1. The van der Waals surface area contributed by atoms with Crippen molar-refractivity contribution < 1.29 is 9.59 Å². The van der Waals surface area contributed by atoms with E-state index >= 15 is 0 Å².